The summed E-state index contributed by atoms with van der Waals surface area (Å²) in [6.45, 7) is 2.38. The SMILES string of the molecule is Cc1cc(F)ccc1N1CCc2c(NCCO)nc3c(OC(F)(F)F)cccc3c21. The van der Waals surface area contributed by atoms with Gasteiger partial charge < -0.3 is 20.1 Å². The van der Waals surface area contributed by atoms with Crippen LogP contribution < -0.4 is 15.0 Å². The molecule has 0 saturated heterocycles. The van der Waals surface area contributed by atoms with E-state index in [-0.39, 0.29) is 24.5 Å². The molecule has 9 heteroatoms. The zero-order valence-corrected chi connectivity index (χ0v) is 16.1. The van der Waals surface area contributed by atoms with Crippen LogP contribution in [0.25, 0.3) is 10.9 Å². The largest absolute Gasteiger partial charge is 0.573 e. The van der Waals surface area contributed by atoms with Crippen LogP contribution in [-0.2, 0) is 6.42 Å². The lowest BCUT2D eigenvalue weighted by Crippen LogP contribution is -2.18. The molecular weight excluding hydrogens is 402 g/mol. The standard InChI is InChI=1S/C21H19F4N3O2/c1-12-11-13(22)5-6-16(12)28-9-7-15-19(28)14-3-2-4-17(30-21(23,24)25)18(14)27-20(15)26-8-10-29/h2-6,11,29H,7-10H2,1H3,(H,26,27). The number of hydrogen-bond acceptors (Lipinski definition) is 5. The Morgan fingerprint density at radius 3 is 2.73 bits per heavy atom. The molecule has 0 radical (unpaired) electrons. The molecule has 0 unspecified atom stereocenters. The van der Waals surface area contributed by atoms with Crippen LogP contribution >= 0.6 is 0 Å². The van der Waals surface area contributed by atoms with Crippen molar-refractivity contribution in [2.24, 2.45) is 0 Å². The molecule has 30 heavy (non-hydrogen) atoms. The van der Waals surface area contributed by atoms with Crippen LogP contribution in [0.1, 0.15) is 11.1 Å². The summed E-state index contributed by atoms with van der Waals surface area (Å²) in [7, 11) is 0. The summed E-state index contributed by atoms with van der Waals surface area (Å²) >= 11 is 0. The van der Waals surface area contributed by atoms with Gasteiger partial charge in [-0.2, -0.15) is 0 Å². The second-order valence-electron chi connectivity index (χ2n) is 6.97. The number of para-hydroxylation sites is 1. The maximum atomic E-state index is 13.6. The molecule has 4 rings (SSSR count). The molecule has 0 saturated carbocycles. The van der Waals surface area contributed by atoms with Crippen LogP contribution in [0.3, 0.4) is 0 Å². The van der Waals surface area contributed by atoms with Crippen molar-refractivity contribution in [3.05, 3.63) is 53.3 Å². The van der Waals surface area contributed by atoms with Crippen molar-refractivity contribution < 1.29 is 27.4 Å². The number of alkyl halides is 3. The van der Waals surface area contributed by atoms with Gasteiger partial charge in [0, 0.05) is 29.7 Å². The molecule has 3 aromatic rings. The summed E-state index contributed by atoms with van der Waals surface area (Å²) in [5.41, 5.74) is 3.05. The minimum absolute atomic E-state index is 0.0562. The van der Waals surface area contributed by atoms with Crippen molar-refractivity contribution in [2.75, 3.05) is 29.9 Å². The van der Waals surface area contributed by atoms with E-state index in [1.807, 2.05) is 4.90 Å². The van der Waals surface area contributed by atoms with E-state index in [0.29, 0.717) is 35.4 Å². The number of nitrogens with one attached hydrogen (secondary N) is 1. The Kier molecular flexibility index (Phi) is 5.15. The number of pyridine rings is 1. The predicted octanol–water partition coefficient (Wildman–Crippen LogP) is 4.68. The molecule has 1 aliphatic heterocycles. The molecule has 2 N–H and O–H groups in total. The first kappa shape index (κ1) is 20.2. The molecule has 1 aromatic heterocycles. The van der Waals surface area contributed by atoms with E-state index in [9.17, 15) is 22.7 Å². The number of aromatic nitrogens is 1. The molecule has 0 amide bonds. The van der Waals surface area contributed by atoms with Gasteiger partial charge in [-0.05, 0) is 43.2 Å². The van der Waals surface area contributed by atoms with Gasteiger partial charge in [0.25, 0.3) is 0 Å². The Hall–Kier alpha value is -3.07. The van der Waals surface area contributed by atoms with Gasteiger partial charge in [0.15, 0.2) is 5.75 Å². The summed E-state index contributed by atoms with van der Waals surface area (Å²) in [6, 6.07) is 8.82. The molecule has 5 nitrogen and oxygen atoms in total. The number of fused-ring (bicyclic) bond motifs is 3. The highest BCUT2D eigenvalue weighted by molar-refractivity contribution is 6.02. The number of benzene rings is 2. The molecule has 0 fully saturated rings. The second-order valence-corrected chi connectivity index (χ2v) is 6.97. The number of halogens is 4. The third-order valence-electron chi connectivity index (χ3n) is 4.98. The van der Waals surface area contributed by atoms with Gasteiger partial charge in [-0.15, -0.1) is 13.2 Å². The normalized spacial score (nSPS) is 13.6. The Morgan fingerprint density at radius 2 is 2.03 bits per heavy atom. The van der Waals surface area contributed by atoms with Gasteiger partial charge in [0.05, 0.1) is 12.3 Å². The zero-order valence-electron chi connectivity index (χ0n) is 16.1. The minimum Gasteiger partial charge on any atom is -0.403 e. The summed E-state index contributed by atoms with van der Waals surface area (Å²) in [5.74, 6) is -0.369. The van der Waals surface area contributed by atoms with Crippen molar-refractivity contribution in [2.45, 2.75) is 19.7 Å². The fourth-order valence-corrected chi connectivity index (χ4v) is 3.85. The summed E-state index contributed by atoms with van der Waals surface area (Å²) in [6.07, 6.45) is -4.27. The fourth-order valence-electron chi connectivity index (χ4n) is 3.85. The summed E-state index contributed by atoms with van der Waals surface area (Å²) < 4.78 is 56.6. The van der Waals surface area contributed by atoms with Crippen LogP contribution in [-0.4, -0.2) is 36.1 Å². The van der Waals surface area contributed by atoms with Crippen molar-refractivity contribution in [1.82, 2.24) is 4.98 Å². The highest BCUT2D eigenvalue weighted by Gasteiger charge is 2.34. The number of aliphatic hydroxyl groups excluding tert-OH is 1. The Morgan fingerprint density at radius 1 is 1.23 bits per heavy atom. The minimum atomic E-state index is -4.86. The third kappa shape index (κ3) is 3.72. The molecule has 158 valence electrons. The number of rotatable bonds is 5. The molecule has 0 aliphatic carbocycles. The molecule has 2 heterocycles. The van der Waals surface area contributed by atoms with Crippen LogP contribution in [0.2, 0.25) is 0 Å². The molecule has 0 spiro atoms. The van der Waals surface area contributed by atoms with E-state index >= 15 is 0 Å². The maximum absolute atomic E-state index is 13.6. The lowest BCUT2D eigenvalue weighted by atomic mass is 10.1. The average molecular weight is 421 g/mol. The number of hydrogen-bond donors (Lipinski definition) is 2. The van der Waals surface area contributed by atoms with Crippen molar-refractivity contribution >= 4 is 28.1 Å². The van der Waals surface area contributed by atoms with E-state index < -0.39 is 12.1 Å². The van der Waals surface area contributed by atoms with Crippen LogP contribution in [0.5, 0.6) is 5.75 Å². The second kappa shape index (κ2) is 7.64. The molecule has 0 atom stereocenters. The predicted molar refractivity (Wildman–Crippen MR) is 106 cm³/mol. The van der Waals surface area contributed by atoms with E-state index in [0.717, 1.165) is 11.3 Å². The van der Waals surface area contributed by atoms with E-state index in [2.05, 4.69) is 15.0 Å². The Labute approximate surface area is 169 Å². The number of nitrogens with zero attached hydrogens (tertiary/aromatic N) is 2. The quantitative estimate of drug-likeness (QED) is 0.586. The fraction of sp³-hybridized carbons (Fsp3) is 0.286. The lowest BCUT2D eigenvalue weighted by Gasteiger charge is -2.24. The van der Waals surface area contributed by atoms with E-state index in [1.165, 1.54) is 24.3 Å². The highest BCUT2D eigenvalue weighted by Crippen LogP contribution is 2.45. The van der Waals surface area contributed by atoms with Crippen LogP contribution in [0, 0.1) is 12.7 Å². The van der Waals surface area contributed by atoms with E-state index in [4.69, 9.17) is 0 Å². The maximum Gasteiger partial charge on any atom is 0.573 e. The number of aryl methyl sites for hydroxylation is 1. The Balaban J connectivity index is 1.94. The van der Waals surface area contributed by atoms with Crippen LogP contribution in [0.15, 0.2) is 36.4 Å². The van der Waals surface area contributed by atoms with Gasteiger partial charge in [-0.3, -0.25) is 0 Å². The van der Waals surface area contributed by atoms with Gasteiger partial charge in [0.2, 0.25) is 0 Å². The van der Waals surface area contributed by atoms with Gasteiger partial charge in [-0.1, -0.05) is 12.1 Å². The molecular formula is C21H19F4N3O2. The summed E-state index contributed by atoms with van der Waals surface area (Å²) in [5, 5.41) is 12.7. The topological polar surface area (TPSA) is 57.6 Å². The first-order valence-corrected chi connectivity index (χ1v) is 9.38. The number of ether oxygens (including phenoxy) is 1. The highest BCUT2D eigenvalue weighted by atomic mass is 19.4. The van der Waals surface area contributed by atoms with Crippen molar-refractivity contribution in [1.29, 1.82) is 0 Å². The van der Waals surface area contributed by atoms with Crippen molar-refractivity contribution in [3.8, 4) is 5.75 Å². The molecule has 0 bridgehead atoms. The van der Waals surface area contributed by atoms with Gasteiger partial charge in [0.1, 0.15) is 17.2 Å². The average Bonchev–Trinajstić information content (AvgIpc) is 3.11. The number of aliphatic hydroxyl groups is 1. The summed E-state index contributed by atoms with van der Waals surface area (Å²) in [4.78, 5) is 6.35. The molecule has 1 aliphatic rings. The first-order valence-electron chi connectivity index (χ1n) is 9.38. The first-order chi connectivity index (χ1) is 14.3. The van der Waals surface area contributed by atoms with E-state index in [1.54, 1.807) is 19.1 Å². The Bertz CT molecular complexity index is 1100. The van der Waals surface area contributed by atoms with Crippen molar-refractivity contribution in [3.63, 3.8) is 0 Å². The third-order valence-corrected chi connectivity index (χ3v) is 4.98. The van der Waals surface area contributed by atoms with Crippen LogP contribution in [0.4, 0.5) is 34.8 Å². The zero-order chi connectivity index (χ0) is 21.5. The molecule has 2 aromatic carbocycles. The van der Waals surface area contributed by atoms with Gasteiger partial charge in [-0.25, -0.2) is 9.37 Å². The monoisotopic (exact) mass is 421 g/mol. The lowest BCUT2D eigenvalue weighted by molar-refractivity contribution is -0.274. The number of anilines is 3. The van der Waals surface area contributed by atoms with Gasteiger partial charge >= 0.3 is 6.36 Å². The smallest absolute Gasteiger partial charge is 0.403 e.